The lowest BCUT2D eigenvalue weighted by atomic mass is 9.95. The third-order valence-corrected chi connectivity index (χ3v) is 4.76. The number of rotatable bonds is 6. The number of nitrogens with one attached hydrogen (secondary N) is 2. The molecule has 0 amide bonds. The van der Waals surface area contributed by atoms with Gasteiger partial charge in [-0.3, -0.25) is 0 Å². The van der Waals surface area contributed by atoms with E-state index in [4.69, 9.17) is 5.41 Å². The number of hydrogen-bond donors (Lipinski definition) is 2. The van der Waals surface area contributed by atoms with Crippen LogP contribution in [-0.2, 0) is 11.8 Å². The van der Waals surface area contributed by atoms with Crippen molar-refractivity contribution in [3.8, 4) is 0 Å². The Kier molecular flexibility index (Phi) is 5.63. The zero-order valence-corrected chi connectivity index (χ0v) is 16.6. The predicted octanol–water partition coefficient (Wildman–Crippen LogP) is 4.27. The molecule has 150 valence electrons. The fourth-order valence-corrected chi connectivity index (χ4v) is 3.19. The van der Waals surface area contributed by atoms with Crippen molar-refractivity contribution in [1.82, 2.24) is 9.97 Å². The van der Waals surface area contributed by atoms with Gasteiger partial charge in [-0.1, -0.05) is 51.1 Å². The van der Waals surface area contributed by atoms with E-state index in [0.717, 1.165) is 12.6 Å². The van der Waals surface area contributed by atoms with E-state index in [2.05, 4.69) is 27.4 Å². The Morgan fingerprint density at radius 1 is 1.21 bits per heavy atom. The molecule has 1 saturated heterocycles. The Balaban J connectivity index is 1.91. The molecule has 2 heterocycles. The van der Waals surface area contributed by atoms with Crippen molar-refractivity contribution in [2.45, 2.75) is 45.0 Å². The minimum absolute atomic E-state index is 0.198. The molecule has 0 unspecified atom stereocenters. The molecular weight excluding hydrogens is 360 g/mol. The summed E-state index contributed by atoms with van der Waals surface area (Å²) in [7, 11) is 0. The van der Waals surface area contributed by atoms with E-state index in [1.165, 1.54) is 5.56 Å². The molecule has 0 radical (unpaired) electrons. The van der Waals surface area contributed by atoms with Crippen molar-refractivity contribution in [2.24, 2.45) is 0 Å². The summed E-state index contributed by atoms with van der Waals surface area (Å²) in [6.45, 7) is 6.43. The predicted molar refractivity (Wildman–Crippen MR) is 109 cm³/mol. The first-order chi connectivity index (χ1) is 13.2. The number of alkyl halides is 2. The minimum Gasteiger partial charge on any atom is -0.369 e. The minimum atomic E-state index is -2.73. The van der Waals surface area contributed by atoms with Crippen LogP contribution in [0.4, 0.5) is 20.4 Å². The van der Waals surface area contributed by atoms with Gasteiger partial charge in [-0.15, -0.1) is 0 Å². The van der Waals surface area contributed by atoms with Crippen LogP contribution >= 0.6 is 0 Å². The first kappa shape index (κ1) is 20.2. The zero-order valence-electron chi connectivity index (χ0n) is 16.6. The second-order valence-corrected chi connectivity index (χ2v) is 8.22. The van der Waals surface area contributed by atoms with Gasteiger partial charge in [0.25, 0.3) is 5.92 Å². The molecule has 5 nitrogen and oxygen atoms in total. The molecule has 1 aliphatic heterocycles. The first-order valence-electron chi connectivity index (χ1n) is 9.53. The van der Waals surface area contributed by atoms with Gasteiger partial charge in [-0.05, 0) is 12.0 Å². The lowest BCUT2D eigenvalue weighted by Crippen LogP contribution is -2.29. The maximum Gasteiger partial charge on any atom is 0.266 e. The van der Waals surface area contributed by atoms with E-state index >= 15 is 0 Å². The van der Waals surface area contributed by atoms with Gasteiger partial charge in [0.15, 0.2) is 0 Å². The largest absolute Gasteiger partial charge is 0.369 e. The van der Waals surface area contributed by atoms with Crippen LogP contribution in [0.5, 0.6) is 0 Å². The maximum absolute atomic E-state index is 13.8. The summed E-state index contributed by atoms with van der Waals surface area (Å²) in [6, 6.07) is 10.1. The Labute approximate surface area is 164 Å². The topological polar surface area (TPSA) is 64.9 Å². The average Bonchev–Trinajstić information content (AvgIpc) is 3.01. The van der Waals surface area contributed by atoms with Crippen molar-refractivity contribution in [3.05, 3.63) is 47.3 Å². The van der Waals surface area contributed by atoms with Gasteiger partial charge in [0, 0.05) is 31.1 Å². The second kappa shape index (κ2) is 7.81. The lowest BCUT2D eigenvalue weighted by Gasteiger charge is -2.25. The number of nitrogens with zero attached hydrogens (tertiary/aromatic N) is 3. The maximum atomic E-state index is 13.8. The van der Waals surface area contributed by atoms with Crippen LogP contribution in [0.1, 0.15) is 44.1 Å². The number of anilines is 2. The highest BCUT2D eigenvalue weighted by atomic mass is 19.3. The molecular formula is C21H27F2N5. The molecule has 0 atom stereocenters. The molecule has 1 aromatic heterocycles. The van der Waals surface area contributed by atoms with E-state index in [1.54, 1.807) is 4.90 Å². The van der Waals surface area contributed by atoms with Crippen LogP contribution in [0.2, 0.25) is 0 Å². The SMILES string of the molecule is CC(C)(C)c1nc(NCCc2ccccc2)c(C=N)c(N2CCC(F)(F)C2)n1. The van der Waals surface area contributed by atoms with Crippen molar-refractivity contribution in [2.75, 3.05) is 29.9 Å². The molecule has 3 rings (SSSR count). The normalized spacial score (nSPS) is 16.2. The van der Waals surface area contributed by atoms with Gasteiger partial charge in [-0.2, -0.15) is 0 Å². The standard InChI is InChI=1S/C21H27F2N5/c1-20(2,3)19-26-17(25-11-9-15-7-5-4-6-8-15)16(13-24)18(27-19)28-12-10-21(22,23)14-28/h4-8,13,24H,9-12,14H2,1-3H3,(H,25,26,27). The van der Waals surface area contributed by atoms with Gasteiger partial charge >= 0.3 is 0 Å². The van der Waals surface area contributed by atoms with Crippen molar-refractivity contribution in [3.63, 3.8) is 0 Å². The van der Waals surface area contributed by atoms with E-state index in [0.29, 0.717) is 29.6 Å². The summed E-state index contributed by atoms with van der Waals surface area (Å²) in [5.41, 5.74) is 1.31. The summed E-state index contributed by atoms with van der Waals surface area (Å²) in [4.78, 5) is 10.8. The summed E-state index contributed by atoms with van der Waals surface area (Å²) < 4.78 is 27.6. The molecule has 0 bridgehead atoms. The molecule has 1 fully saturated rings. The monoisotopic (exact) mass is 387 g/mol. The van der Waals surface area contributed by atoms with Crippen molar-refractivity contribution >= 4 is 17.9 Å². The highest BCUT2D eigenvalue weighted by molar-refractivity contribution is 5.91. The van der Waals surface area contributed by atoms with Crippen LogP contribution in [0.15, 0.2) is 30.3 Å². The smallest absolute Gasteiger partial charge is 0.266 e. The van der Waals surface area contributed by atoms with Gasteiger partial charge < -0.3 is 15.6 Å². The van der Waals surface area contributed by atoms with Crippen LogP contribution in [0.3, 0.4) is 0 Å². The lowest BCUT2D eigenvalue weighted by molar-refractivity contribution is 0.0256. The van der Waals surface area contributed by atoms with Crippen molar-refractivity contribution in [1.29, 1.82) is 5.41 Å². The molecule has 28 heavy (non-hydrogen) atoms. The van der Waals surface area contributed by atoms with Crippen molar-refractivity contribution < 1.29 is 8.78 Å². The van der Waals surface area contributed by atoms with Gasteiger partial charge in [0.2, 0.25) is 0 Å². The summed E-state index contributed by atoms with van der Waals surface area (Å²) in [5.74, 6) is -1.22. The molecule has 1 aliphatic rings. The van der Waals surface area contributed by atoms with Crippen LogP contribution < -0.4 is 10.2 Å². The van der Waals surface area contributed by atoms with E-state index in [1.807, 2.05) is 39.0 Å². The molecule has 1 aromatic carbocycles. The van der Waals surface area contributed by atoms with Gasteiger partial charge in [0.05, 0.1) is 12.1 Å². The highest BCUT2D eigenvalue weighted by Crippen LogP contribution is 2.34. The third kappa shape index (κ3) is 4.64. The van der Waals surface area contributed by atoms with E-state index in [-0.39, 0.29) is 24.9 Å². The van der Waals surface area contributed by atoms with E-state index < -0.39 is 5.92 Å². The molecule has 2 N–H and O–H groups in total. The van der Waals surface area contributed by atoms with Crippen LogP contribution in [0.25, 0.3) is 0 Å². The quantitative estimate of drug-likeness (QED) is 0.727. The molecule has 2 aromatic rings. The summed E-state index contributed by atoms with van der Waals surface area (Å²) in [5, 5.41) is 11.1. The summed E-state index contributed by atoms with van der Waals surface area (Å²) >= 11 is 0. The fraction of sp³-hybridized carbons (Fsp3) is 0.476. The van der Waals surface area contributed by atoms with Gasteiger partial charge in [-0.25, -0.2) is 18.7 Å². The van der Waals surface area contributed by atoms with Crippen LogP contribution in [0, 0.1) is 5.41 Å². The molecule has 0 aliphatic carbocycles. The molecule has 0 saturated carbocycles. The number of aromatic nitrogens is 2. The highest BCUT2D eigenvalue weighted by Gasteiger charge is 2.40. The third-order valence-electron chi connectivity index (χ3n) is 4.76. The zero-order chi connectivity index (χ0) is 20.4. The average molecular weight is 387 g/mol. The Bertz CT molecular complexity index is 831. The first-order valence-corrected chi connectivity index (χ1v) is 9.53. The fourth-order valence-electron chi connectivity index (χ4n) is 3.19. The van der Waals surface area contributed by atoms with Gasteiger partial charge in [0.1, 0.15) is 17.5 Å². The van der Waals surface area contributed by atoms with Crippen LogP contribution in [-0.4, -0.2) is 41.7 Å². The number of hydrogen-bond acceptors (Lipinski definition) is 5. The molecule has 0 spiro atoms. The Hall–Kier alpha value is -2.57. The number of halogens is 2. The molecule has 7 heteroatoms. The Morgan fingerprint density at radius 2 is 1.93 bits per heavy atom. The van der Waals surface area contributed by atoms with E-state index in [9.17, 15) is 8.78 Å². The number of benzene rings is 1. The summed E-state index contributed by atoms with van der Waals surface area (Å²) in [6.07, 6.45) is 1.75. The Morgan fingerprint density at radius 3 is 2.50 bits per heavy atom. The second-order valence-electron chi connectivity index (χ2n) is 8.22.